The van der Waals surface area contributed by atoms with Crippen LogP contribution in [0.5, 0.6) is 0 Å². The monoisotopic (exact) mass is 442 g/mol. The van der Waals surface area contributed by atoms with Gasteiger partial charge in [0.15, 0.2) is 16.7 Å². The first kappa shape index (κ1) is 21.2. The molecule has 0 bridgehead atoms. The van der Waals surface area contributed by atoms with Gasteiger partial charge < -0.3 is 14.8 Å². The second-order valence-electron chi connectivity index (χ2n) is 7.76. The largest absolute Gasteiger partial charge is 0.352 e. The number of imidazole rings is 1. The van der Waals surface area contributed by atoms with E-state index in [1.807, 2.05) is 49.9 Å². The molecule has 1 N–H and O–H groups in total. The number of aryl methyl sites for hydroxylation is 1. The Bertz CT molecular complexity index is 1140. The fourth-order valence-electron chi connectivity index (χ4n) is 3.32. The minimum Gasteiger partial charge on any atom is -0.352 e. The molecule has 1 aliphatic rings. The summed E-state index contributed by atoms with van der Waals surface area (Å²) in [5, 5.41) is 11.7. The minimum atomic E-state index is -3.60. The lowest BCUT2D eigenvalue weighted by Gasteiger charge is -2.34. The average Bonchev–Trinajstić information content (AvgIpc) is 3.26. The van der Waals surface area contributed by atoms with E-state index in [-0.39, 0.29) is 11.1 Å². The molecule has 11 heteroatoms. The van der Waals surface area contributed by atoms with E-state index >= 15 is 0 Å². The third kappa shape index (κ3) is 4.67. The maximum Gasteiger partial charge on any atom is 0.262 e. The molecule has 1 saturated heterocycles. The van der Waals surface area contributed by atoms with Crippen LogP contribution >= 0.6 is 0 Å². The summed E-state index contributed by atoms with van der Waals surface area (Å²) in [4.78, 5) is 10.4. The van der Waals surface area contributed by atoms with Crippen molar-refractivity contribution in [2.24, 2.45) is 0 Å². The summed E-state index contributed by atoms with van der Waals surface area (Å²) < 4.78 is 29.1. The molecular formula is C20H26N8O2S. The molecule has 0 aromatic carbocycles. The van der Waals surface area contributed by atoms with Crippen LogP contribution in [0.3, 0.4) is 0 Å². The average molecular weight is 443 g/mol. The lowest BCUT2D eigenvalue weighted by Crippen LogP contribution is -2.49. The van der Waals surface area contributed by atoms with Crippen molar-refractivity contribution in [3.8, 4) is 0 Å². The van der Waals surface area contributed by atoms with Gasteiger partial charge >= 0.3 is 0 Å². The van der Waals surface area contributed by atoms with Gasteiger partial charge in [-0.15, -0.1) is 10.2 Å². The van der Waals surface area contributed by atoms with Gasteiger partial charge in [-0.1, -0.05) is 0 Å². The second kappa shape index (κ2) is 8.60. The van der Waals surface area contributed by atoms with Crippen molar-refractivity contribution >= 4 is 27.5 Å². The Morgan fingerprint density at radius 3 is 2.39 bits per heavy atom. The van der Waals surface area contributed by atoms with Crippen LogP contribution in [0.15, 0.2) is 48.0 Å². The van der Waals surface area contributed by atoms with Crippen LogP contribution in [0.4, 0.5) is 17.5 Å². The first-order chi connectivity index (χ1) is 14.8. The van der Waals surface area contributed by atoms with Crippen molar-refractivity contribution in [2.45, 2.75) is 31.8 Å². The molecule has 3 aromatic heterocycles. The van der Waals surface area contributed by atoms with E-state index in [1.165, 1.54) is 4.31 Å². The van der Waals surface area contributed by atoms with Gasteiger partial charge in [0.25, 0.3) is 10.0 Å². The lowest BCUT2D eigenvalue weighted by atomic mass is 10.3. The number of pyridine rings is 1. The van der Waals surface area contributed by atoms with E-state index in [0.717, 1.165) is 5.56 Å². The van der Waals surface area contributed by atoms with Gasteiger partial charge in [0.05, 0.1) is 6.33 Å². The highest BCUT2D eigenvalue weighted by molar-refractivity contribution is 7.89. The van der Waals surface area contributed by atoms with Crippen LogP contribution in [0.1, 0.15) is 25.5 Å². The number of nitrogens with zero attached hydrogens (tertiary/aromatic N) is 7. The Morgan fingerprint density at radius 2 is 1.77 bits per heavy atom. The van der Waals surface area contributed by atoms with Gasteiger partial charge in [-0.3, -0.25) is 0 Å². The standard InChI is InChI=1S/C20H26N8O2S/c1-15(2)27-13-20(22-14-27)31(29,30)28-10-8-26(9-11-28)19-5-4-17(24-25-19)23-18-12-16(3)6-7-21-18/h4-7,12-15H,8-11H2,1-3H3,(H,21,23,24). The molecule has 0 unspecified atom stereocenters. The maximum atomic E-state index is 12.9. The molecule has 0 atom stereocenters. The van der Waals surface area contributed by atoms with E-state index < -0.39 is 10.0 Å². The van der Waals surface area contributed by atoms with Crippen LogP contribution in [0.2, 0.25) is 0 Å². The zero-order valence-electron chi connectivity index (χ0n) is 17.8. The molecule has 0 spiro atoms. The Balaban J connectivity index is 1.38. The fourth-order valence-corrected chi connectivity index (χ4v) is 4.66. The molecule has 4 rings (SSSR count). The minimum absolute atomic E-state index is 0.0922. The quantitative estimate of drug-likeness (QED) is 0.619. The van der Waals surface area contributed by atoms with Gasteiger partial charge in [0.2, 0.25) is 0 Å². The van der Waals surface area contributed by atoms with Gasteiger partial charge in [-0.25, -0.2) is 18.4 Å². The number of rotatable bonds is 6. The highest BCUT2D eigenvalue weighted by atomic mass is 32.2. The van der Waals surface area contributed by atoms with Crippen LogP contribution in [0, 0.1) is 6.92 Å². The predicted molar refractivity (Wildman–Crippen MR) is 118 cm³/mol. The van der Waals surface area contributed by atoms with Crippen molar-refractivity contribution in [1.82, 2.24) is 29.0 Å². The number of nitrogens with one attached hydrogen (secondary N) is 1. The smallest absolute Gasteiger partial charge is 0.262 e. The summed E-state index contributed by atoms with van der Waals surface area (Å²) in [5.74, 6) is 2.02. The number of hydrogen-bond acceptors (Lipinski definition) is 8. The Hall–Kier alpha value is -3.05. The molecule has 1 aliphatic heterocycles. The van der Waals surface area contributed by atoms with Crippen LogP contribution in [0.25, 0.3) is 0 Å². The van der Waals surface area contributed by atoms with Crippen molar-refractivity contribution in [3.63, 3.8) is 0 Å². The van der Waals surface area contributed by atoms with Crippen molar-refractivity contribution in [1.29, 1.82) is 0 Å². The summed E-state index contributed by atoms with van der Waals surface area (Å²) >= 11 is 0. The number of piperazine rings is 1. The third-order valence-electron chi connectivity index (χ3n) is 5.16. The third-order valence-corrected chi connectivity index (χ3v) is 6.95. The van der Waals surface area contributed by atoms with Crippen LogP contribution in [-0.2, 0) is 10.0 Å². The summed E-state index contributed by atoms with van der Waals surface area (Å²) in [6.07, 6.45) is 4.89. The molecule has 0 saturated carbocycles. The van der Waals surface area contributed by atoms with Gasteiger partial charge in [0.1, 0.15) is 5.82 Å². The normalized spacial score (nSPS) is 15.4. The molecule has 10 nitrogen and oxygen atoms in total. The van der Waals surface area contributed by atoms with Crippen LogP contribution in [-0.4, -0.2) is 63.6 Å². The zero-order valence-corrected chi connectivity index (χ0v) is 18.6. The van der Waals surface area contributed by atoms with E-state index in [1.54, 1.807) is 23.3 Å². The van der Waals surface area contributed by atoms with Crippen molar-refractivity contribution < 1.29 is 8.42 Å². The number of sulfonamides is 1. The number of anilines is 3. The SMILES string of the molecule is Cc1ccnc(Nc2ccc(N3CCN(S(=O)(=O)c4cn(C(C)C)cn4)CC3)nn2)c1. The molecule has 3 aromatic rings. The zero-order chi connectivity index (χ0) is 22.0. The highest BCUT2D eigenvalue weighted by Crippen LogP contribution is 2.21. The molecular weight excluding hydrogens is 416 g/mol. The first-order valence-electron chi connectivity index (χ1n) is 10.1. The van der Waals surface area contributed by atoms with E-state index in [0.29, 0.717) is 43.6 Å². The molecule has 31 heavy (non-hydrogen) atoms. The topological polar surface area (TPSA) is 109 Å². The van der Waals surface area contributed by atoms with Crippen LogP contribution < -0.4 is 10.2 Å². The highest BCUT2D eigenvalue weighted by Gasteiger charge is 2.30. The predicted octanol–water partition coefficient (Wildman–Crippen LogP) is 2.21. The summed E-state index contributed by atoms with van der Waals surface area (Å²) in [5.41, 5.74) is 1.10. The van der Waals surface area contributed by atoms with E-state index in [4.69, 9.17) is 0 Å². The molecule has 0 amide bonds. The molecule has 0 radical (unpaired) electrons. The summed E-state index contributed by atoms with van der Waals surface area (Å²) in [6.45, 7) is 7.76. The molecule has 1 fully saturated rings. The van der Waals surface area contributed by atoms with E-state index in [9.17, 15) is 8.42 Å². The second-order valence-corrected chi connectivity index (χ2v) is 9.65. The Kier molecular flexibility index (Phi) is 5.88. The lowest BCUT2D eigenvalue weighted by molar-refractivity contribution is 0.382. The summed E-state index contributed by atoms with van der Waals surface area (Å²) in [7, 11) is -3.60. The Labute approximate surface area is 182 Å². The number of hydrogen-bond donors (Lipinski definition) is 1. The first-order valence-corrected chi connectivity index (χ1v) is 11.6. The maximum absolute atomic E-state index is 12.9. The molecule has 4 heterocycles. The van der Waals surface area contributed by atoms with E-state index in [2.05, 4.69) is 25.5 Å². The van der Waals surface area contributed by atoms with Gasteiger partial charge in [-0.05, 0) is 50.6 Å². The fraction of sp³-hybridized carbons (Fsp3) is 0.400. The Morgan fingerprint density at radius 1 is 1.00 bits per heavy atom. The molecule has 0 aliphatic carbocycles. The number of aromatic nitrogens is 5. The summed E-state index contributed by atoms with van der Waals surface area (Å²) in [6, 6.07) is 7.73. The van der Waals surface area contributed by atoms with Crippen molar-refractivity contribution in [3.05, 3.63) is 48.5 Å². The van der Waals surface area contributed by atoms with Gasteiger partial charge in [-0.2, -0.15) is 4.31 Å². The van der Waals surface area contributed by atoms with Gasteiger partial charge in [0, 0.05) is 44.6 Å². The molecule has 164 valence electrons. The van der Waals surface area contributed by atoms with Crippen molar-refractivity contribution in [2.75, 3.05) is 36.4 Å².